The molecule has 4 fully saturated rings. The lowest BCUT2D eigenvalue weighted by molar-refractivity contribution is 0.174. The van der Waals surface area contributed by atoms with Crippen LogP contribution in [0.15, 0.2) is 0 Å². The number of epoxide rings is 3. The molecule has 4 rings (SSSR count). The van der Waals surface area contributed by atoms with Gasteiger partial charge in [0.25, 0.3) is 0 Å². The summed E-state index contributed by atoms with van der Waals surface area (Å²) in [5, 5.41) is 0. The Labute approximate surface area is 121 Å². The third kappa shape index (κ3) is 3.92. The van der Waals surface area contributed by atoms with Crippen molar-refractivity contribution in [2.75, 3.05) is 52.5 Å². The summed E-state index contributed by atoms with van der Waals surface area (Å²) in [6, 6.07) is 0.766. The molecule has 4 heterocycles. The van der Waals surface area contributed by atoms with Crippen LogP contribution >= 0.6 is 0 Å². The fourth-order valence-electron chi connectivity index (χ4n) is 3.41. The van der Waals surface area contributed by atoms with Gasteiger partial charge in [-0.3, -0.25) is 9.80 Å². The Hall–Kier alpha value is -0.200. The molecule has 4 aliphatic heterocycles. The van der Waals surface area contributed by atoms with Crippen LogP contribution in [0.5, 0.6) is 0 Å². The van der Waals surface area contributed by atoms with Crippen molar-refractivity contribution in [3.05, 3.63) is 0 Å². The van der Waals surface area contributed by atoms with Gasteiger partial charge in [-0.25, -0.2) is 0 Å². The molecule has 4 saturated heterocycles. The predicted molar refractivity (Wildman–Crippen MR) is 74.9 cm³/mol. The van der Waals surface area contributed by atoms with E-state index in [1.807, 2.05) is 0 Å². The largest absolute Gasteiger partial charge is 0.372 e. The first-order valence-corrected chi connectivity index (χ1v) is 8.18. The van der Waals surface area contributed by atoms with Gasteiger partial charge in [-0.2, -0.15) is 0 Å². The Bertz CT molecular complexity index is 315. The summed E-state index contributed by atoms with van der Waals surface area (Å²) in [5.74, 6) is 0. The number of ether oxygens (including phenoxy) is 3. The van der Waals surface area contributed by atoms with E-state index in [4.69, 9.17) is 14.2 Å². The first-order chi connectivity index (χ1) is 9.87. The molecule has 0 N–H and O–H groups in total. The van der Waals surface area contributed by atoms with Crippen LogP contribution in [0.2, 0.25) is 0 Å². The summed E-state index contributed by atoms with van der Waals surface area (Å²) in [6.07, 6.45) is 5.52. The van der Waals surface area contributed by atoms with Crippen molar-refractivity contribution in [3.63, 3.8) is 0 Å². The summed E-state index contributed by atoms with van der Waals surface area (Å²) in [4.78, 5) is 5.20. The minimum atomic E-state index is 0.494. The first-order valence-electron chi connectivity index (χ1n) is 8.18. The predicted octanol–water partition coefficient (Wildman–Crippen LogP) is 0.339. The third-order valence-corrected chi connectivity index (χ3v) is 4.85. The quantitative estimate of drug-likeness (QED) is 0.571. The smallest absolute Gasteiger partial charge is 0.0936 e. The molecule has 0 bridgehead atoms. The van der Waals surface area contributed by atoms with Gasteiger partial charge in [-0.05, 0) is 32.4 Å². The monoisotopic (exact) mass is 282 g/mol. The van der Waals surface area contributed by atoms with Crippen molar-refractivity contribution in [1.82, 2.24) is 9.80 Å². The fraction of sp³-hybridized carbons (Fsp3) is 1.00. The maximum Gasteiger partial charge on any atom is 0.0936 e. The van der Waals surface area contributed by atoms with Gasteiger partial charge < -0.3 is 14.2 Å². The van der Waals surface area contributed by atoms with E-state index in [1.54, 1.807) is 0 Å². The van der Waals surface area contributed by atoms with Crippen LogP contribution < -0.4 is 0 Å². The molecule has 0 aromatic carbocycles. The van der Waals surface area contributed by atoms with E-state index in [9.17, 15) is 0 Å². The third-order valence-electron chi connectivity index (χ3n) is 4.85. The molecule has 0 aliphatic carbocycles. The van der Waals surface area contributed by atoms with Crippen molar-refractivity contribution in [2.24, 2.45) is 0 Å². The summed E-state index contributed by atoms with van der Waals surface area (Å²) < 4.78 is 16.2. The second-order valence-corrected chi connectivity index (χ2v) is 6.71. The van der Waals surface area contributed by atoms with Crippen LogP contribution in [-0.4, -0.2) is 86.7 Å². The summed E-state index contributed by atoms with van der Waals surface area (Å²) in [6.45, 7) is 8.69. The lowest BCUT2D eigenvalue weighted by Gasteiger charge is -2.27. The Kier molecular flexibility index (Phi) is 3.96. The number of hydrogen-bond acceptors (Lipinski definition) is 5. The van der Waals surface area contributed by atoms with Crippen molar-refractivity contribution in [3.8, 4) is 0 Å². The Balaban J connectivity index is 1.23. The van der Waals surface area contributed by atoms with Crippen LogP contribution in [0.1, 0.15) is 19.3 Å². The lowest BCUT2D eigenvalue weighted by Crippen LogP contribution is -2.38. The van der Waals surface area contributed by atoms with Crippen LogP contribution in [0.25, 0.3) is 0 Å². The first kappa shape index (κ1) is 13.5. The van der Waals surface area contributed by atoms with E-state index >= 15 is 0 Å². The molecule has 114 valence electrons. The van der Waals surface area contributed by atoms with E-state index in [1.165, 1.54) is 32.4 Å². The topological polar surface area (TPSA) is 44.1 Å². The minimum Gasteiger partial charge on any atom is -0.372 e. The summed E-state index contributed by atoms with van der Waals surface area (Å²) in [7, 11) is 0. The second-order valence-electron chi connectivity index (χ2n) is 6.71. The van der Waals surface area contributed by atoms with Crippen molar-refractivity contribution in [1.29, 1.82) is 0 Å². The fourth-order valence-corrected chi connectivity index (χ4v) is 3.41. The average molecular weight is 282 g/mol. The van der Waals surface area contributed by atoms with Gasteiger partial charge in [0.05, 0.1) is 38.1 Å². The molecular formula is C15H26N2O3. The number of hydrogen-bond donors (Lipinski definition) is 0. The molecule has 4 atom stereocenters. The molecule has 0 radical (unpaired) electrons. The highest BCUT2D eigenvalue weighted by Gasteiger charge is 2.34. The van der Waals surface area contributed by atoms with Crippen LogP contribution in [0.3, 0.4) is 0 Å². The van der Waals surface area contributed by atoms with Gasteiger partial charge in [0.2, 0.25) is 0 Å². The van der Waals surface area contributed by atoms with Crippen molar-refractivity contribution >= 4 is 0 Å². The van der Waals surface area contributed by atoms with Gasteiger partial charge in [-0.1, -0.05) is 0 Å². The highest BCUT2D eigenvalue weighted by atomic mass is 16.6. The van der Waals surface area contributed by atoms with Gasteiger partial charge >= 0.3 is 0 Å². The SMILES string of the molecule is C1CC(CCN(CC2CO2)CC2CO2)N(CC2CO2)C1. The zero-order valence-electron chi connectivity index (χ0n) is 12.2. The Morgan fingerprint density at radius 2 is 1.60 bits per heavy atom. The van der Waals surface area contributed by atoms with Crippen LogP contribution in [-0.2, 0) is 14.2 Å². The second kappa shape index (κ2) is 5.89. The Morgan fingerprint density at radius 1 is 0.950 bits per heavy atom. The van der Waals surface area contributed by atoms with E-state index in [0.717, 1.165) is 45.5 Å². The van der Waals surface area contributed by atoms with Crippen molar-refractivity contribution < 1.29 is 14.2 Å². The number of nitrogens with zero attached hydrogens (tertiary/aromatic N) is 2. The summed E-state index contributed by atoms with van der Waals surface area (Å²) in [5.41, 5.74) is 0. The molecular weight excluding hydrogens is 256 g/mol. The Morgan fingerprint density at radius 3 is 2.20 bits per heavy atom. The number of rotatable bonds is 9. The normalized spacial score (nSPS) is 39.5. The molecule has 20 heavy (non-hydrogen) atoms. The van der Waals surface area contributed by atoms with Gasteiger partial charge in [0.1, 0.15) is 0 Å². The van der Waals surface area contributed by atoms with E-state index < -0.39 is 0 Å². The highest BCUT2D eigenvalue weighted by molar-refractivity contribution is 4.86. The van der Waals surface area contributed by atoms with Gasteiger partial charge in [0, 0.05) is 25.7 Å². The van der Waals surface area contributed by atoms with Crippen molar-refractivity contribution in [2.45, 2.75) is 43.6 Å². The molecule has 5 heteroatoms. The number of likely N-dealkylation sites (tertiary alicyclic amines) is 1. The highest BCUT2D eigenvalue weighted by Crippen LogP contribution is 2.24. The van der Waals surface area contributed by atoms with Crippen LogP contribution in [0, 0.1) is 0 Å². The van der Waals surface area contributed by atoms with E-state index in [0.29, 0.717) is 18.3 Å². The van der Waals surface area contributed by atoms with Crippen LogP contribution in [0.4, 0.5) is 0 Å². The molecule has 0 saturated carbocycles. The van der Waals surface area contributed by atoms with E-state index in [-0.39, 0.29) is 0 Å². The molecule has 4 aliphatic rings. The molecule has 5 nitrogen and oxygen atoms in total. The van der Waals surface area contributed by atoms with Gasteiger partial charge in [-0.15, -0.1) is 0 Å². The standard InChI is InChI=1S/C15H26N2O3/c1-2-12(17(4-1)8-15-11-20-15)3-5-16(6-13-9-18-13)7-14-10-19-14/h12-15H,1-11H2. The molecule has 0 spiro atoms. The summed E-state index contributed by atoms with van der Waals surface area (Å²) >= 11 is 0. The lowest BCUT2D eigenvalue weighted by atomic mass is 10.1. The maximum atomic E-state index is 5.39. The molecule has 0 aromatic rings. The molecule has 4 unspecified atom stereocenters. The van der Waals surface area contributed by atoms with Gasteiger partial charge in [0.15, 0.2) is 0 Å². The average Bonchev–Trinajstić information content (AvgIpc) is 3.27. The zero-order valence-corrected chi connectivity index (χ0v) is 12.2. The minimum absolute atomic E-state index is 0.494. The molecule has 0 amide bonds. The maximum absolute atomic E-state index is 5.39. The molecule has 0 aromatic heterocycles. The zero-order chi connectivity index (χ0) is 13.4. The van der Waals surface area contributed by atoms with E-state index in [2.05, 4.69) is 9.80 Å².